The van der Waals surface area contributed by atoms with Gasteiger partial charge < -0.3 is 11.1 Å². The number of carbonyl (C=O) groups excluding carboxylic acids is 1. The van der Waals surface area contributed by atoms with Crippen molar-refractivity contribution >= 4 is 18.3 Å². The molecule has 24 heavy (non-hydrogen) atoms. The summed E-state index contributed by atoms with van der Waals surface area (Å²) in [5.74, 6) is -0.283. The van der Waals surface area contributed by atoms with Crippen LogP contribution in [0.15, 0.2) is 24.3 Å². The summed E-state index contributed by atoms with van der Waals surface area (Å²) in [6.07, 6.45) is -4.35. The maximum atomic E-state index is 12.7. The van der Waals surface area contributed by atoms with Crippen molar-refractivity contribution in [3.05, 3.63) is 35.4 Å². The van der Waals surface area contributed by atoms with Gasteiger partial charge in [-0.05, 0) is 37.7 Å². The smallest absolute Gasteiger partial charge is 0.353 e. The fourth-order valence-electron chi connectivity index (χ4n) is 2.37. The Kier molecular flexibility index (Phi) is 9.32. The van der Waals surface area contributed by atoms with E-state index >= 15 is 0 Å². The van der Waals surface area contributed by atoms with Crippen molar-refractivity contribution in [1.29, 1.82) is 0 Å². The molecule has 0 aliphatic heterocycles. The Labute approximate surface area is 147 Å². The summed E-state index contributed by atoms with van der Waals surface area (Å²) in [4.78, 5) is 13.7. The van der Waals surface area contributed by atoms with Crippen molar-refractivity contribution in [3.63, 3.8) is 0 Å². The zero-order chi connectivity index (χ0) is 17.6. The summed E-state index contributed by atoms with van der Waals surface area (Å²) in [5, 5.41) is 2.75. The molecule has 0 fully saturated rings. The lowest BCUT2D eigenvalue weighted by molar-refractivity contribution is -0.137. The quantitative estimate of drug-likeness (QED) is 0.779. The van der Waals surface area contributed by atoms with E-state index in [1.807, 2.05) is 13.8 Å². The van der Waals surface area contributed by atoms with Crippen molar-refractivity contribution in [3.8, 4) is 0 Å². The number of nitrogens with zero attached hydrogens (tertiary/aromatic N) is 1. The van der Waals surface area contributed by atoms with Gasteiger partial charge in [0.15, 0.2) is 0 Å². The number of halogens is 4. The van der Waals surface area contributed by atoms with E-state index in [1.165, 1.54) is 12.1 Å². The Morgan fingerprint density at radius 3 is 2.08 bits per heavy atom. The highest BCUT2D eigenvalue weighted by Crippen LogP contribution is 2.30. The lowest BCUT2D eigenvalue weighted by Gasteiger charge is -2.30. The minimum Gasteiger partial charge on any atom is -0.353 e. The molecular formula is C16H25ClF3N3O. The third kappa shape index (κ3) is 6.30. The van der Waals surface area contributed by atoms with Gasteiger partial charge >= 0.3 is 6.18 Å². The number of nitrogens with two attached hydrogens (primary N) is 1. The lowest BCUT2D eigenvalue weighted by Crippen LogP contribution is -2.43. The van der Waals surface area contributed by atoms with Gasteiger partial charge in [-0.15, -0.1) is 12.4 Å². The van der Waals surface area contributed by atoms with Crippen LogP contribution >= 0.6 is 12.4 Å². The van der Waals surface area contributed by atoms with E-state index in [9.17, 15) is 18.0 Å². The maximum Gasteiger partial charge on any atom is 0.416 e. The van der Waals surface area contributed by atoms with Crippen molar-refractivity contribution in [2.45, 2.75) is 39.0 Å². The minimum absolute atomic E-state index is 0. The topological polar surface area (TPSA) is 58.4 Å². The predicted octanol–water partition coefficient (Wildman–Crippen LogP) is 2.97. The monoisotopic (exact) mass is 367 g/mol. The van der Waals surface area contributed by atoms with Gasteiger partial charge in [0.25, 0.3) is 0 Å². The molecule has 2 unspecified atom stereocenters. The van der Waals surface area contributed by atoms with Gasteiger partial charge in [-0.3, -0.25) is 9.69 Å². The molecule has 0 aliphatic carbocycles. The highest BCUT2D eigenvalue weighted by atomic mass is 35.5. The van der Waals surface area contributed by atoms with Gasteiger partial charge in [0.1, 0.15) is 0 Å². The molecule has 8 heteroatoms. The van der Waals surface area contributed by atoms with Gasteiger partial charge in [-0.25, -0.2) is 0 Å². The Hall–Kier alpha value is -1.31. The van der Waals surface area contributed by atoms with Crippen LogP contribution in [0.25, 0.3) is 0 Å². The summed E-state index contributed by atoms with van der Waals surface area (Å²) in [5.41, 5.74) is 5.57. The Bertz CT molecular complexity index is 502. The number of rotatable bonds is 7. The molecule has 0 spiro atoms. The van der Waals surface area contributed by atoms with Crippen molar-refractivity contribution < 1.29 is 18.0 Å². The first-order valence-corrected chi connectivity index (χ1v) is 7.65. The standard InChI is InChI=1S/C16H24F3N3O.ClH/c1-4-22(5-2)14(10-21-15(23)11(3)20)12-6-8-13(9-7-12)16(17,18)19;/h6-9,11,14H,4-5,10,20H2,1-3H3,(H,21,23);1H. The van der Waals surface area contributed by atoms with Crippen LogP contribution in [-0.4, -0.2) is 36.5 Å². The fourth-order valence-corrected chi connectivity index (χ4v) is 2.37. The lowest BCUT2D eigenvalue weighted by atomic mass is 10.0. The predicted molar refractivity (Wildman–Crippen MR) is 91.0 cm³/mol. The van der Waals surface area contributed by atoms with E-state index in [1.54, 1.807) is 6.92 Å². The van der Waals surface area contributed by atoms with Gasteiger partial charge in [0.2, 0.25) is 5.91 Å². The number of hydrogen-bond donors (Lipinski definition) is 2. The second-order valence-electron chi connectivity index (χ2n) is 5.39. The summed E-state index contributed by atoms with van der Waals surface area (Å²) in [6.45, 7) is 7.25. The third-order valence-corrected chi connectivity index (χ3v) is 3.76. The number of likely N-dealkylation sites (N-methyl/N-ethyl adjacent to an activating group) is 1. The Morgan fingerprint density at radius 2 is 1.71 bits per heavy atom. The molecule has 1 aromatic carbocycles. The zero-order valence-corrected chi connectivity index (χ0v) is 14.9. The number of amides is 1. The van der Waals surface area contributed by atoms with Crippen LogP contribution in [0.5, 0.6) is 0 Å². The molecule has 1 aromatic rings. The van der Waals surface area contributed by atoms with Crippen LogP contribution in [-0.2, 0) is 11.0 Å². The number of hydrogen-bond acceptors (Lipinski definition) is 3. The van der Waals surface area contributed by atoms with Crippen LogP contribution < -0.4 is 11.1 Å². The molecule has 0 radical (unpaired) electrons. The molecule has 0 aromatic heterocycles. The molecule has 138 valence electrons. The van der Waals surface area contributed by atoms with Crippen LogP contribution in [0.4, 0.5) is 13.2 Å². The summed E-state index contributed by atoms with van der Waals surface area (Å²) < 4.78 is 38.0. The molecule has 4 nitrogen and oxygen atoms in total. The van der Waals surface area contributed by atoms with Gasteiger partial charge in [0, 0.05) is 6.54 Å². The van der Waals surface area contributed by atoms with E-state index in [4.69, 9.17) is 5.73 Å². The minimum atomic E-state index is -4.35. The second kappa shape index (κ2) is 9.86. The third-order valence-electron chi connectivity index (χ3n) is 3.76. The maximum absolute atomic E-state index is 12.7. The molecule has 1 amide bonds. The van der Waals surface area contributed by atoms with Crippen molar-refractivity contribution in [2.24, 2.45) is 5.73 Å². The SMILES string of the molecule is CCN(CC)C(CNC(=O)C(C)N)c1ccc(C(F)(F)F)cc1.Cl. The number of nitrogens with one attached hydrogen (secondary N) is 1. The second-order valence-corrected chi connectivity index (χ2v) is 5.39. The van der Waals surface area contributed by atoms with E-state index in [-0.39, 0.29) is 24.4 Å². The van der Waals surface area contributed by atoms with Crippen molar-refractivity contribution in [2.75, 3.05) is 19.6 Å². The molecule has 1 rings (SSSR count). The molecule has 2 atom stereocenters. The number of alkyl halides is 3. The first kappa shape index (κ1) is 22.7. The zero-order valence-electron chi connectivity index (χ0n) is 14.1. The first-order valence-electron chi connectivity index (χ1n) is 7.65. The van der Waals surface area contributed by atoms with Crippen molar-refractivity contribution in [1.82, 2.24) is 10.2 Å². The summed E-state index contributed by atoms with van der Waals surface area (Å²) in [6, 6.07) is 4.24. The first-order chi connectivity index (χ1) is 10.7. The highest BCUT2D eigenvalue weighted by Gasteiger charge is 2.30. The summed E-state index contributed by atoms with van der Waals surface area (Å²) in [7, 11) is 0. The normalized spacial score (nSPS) is 14.0. The molecular weight excluding hydrogens is 343 g/mol. The molecule has 0 aliphatic rings. The Morgan fingerprint density at radius 1 is 1.21 bits per heavy atom. The molecule has 0 bridgehead atoms. The van der Waals surface area contributed by atoms with Crippen LogP contribution in [0.3, 0.4) is 0 Å². The van der Waals surface area contributed by atoms with E-state index in [2.05, 4.69) is 10.2 Å². The van der Waals surface area contributed by atoms with Crippen LogP contribution in [0, 0.1) is 0 Å². The highest BCUT2D eigenvalue weighted by molar-refractivity contribution is 5.85. The molecule has 0 saturated heterocycles. The van der Waals surface area contributed by atoms with E-state index in [0.717, 1.165) is 30.8 Å². The number of benzene rings is 1. The van der Waals surface area contributed by atoms with Gasteiger partial charge in [-0.1, -0.05) is 26.0 Å². The molecule has 0 saturated carbocycles. The van der Waals surface area contributed by atoms with E-state index in [0.29, 0.717) is 6.54 Å². The summed E-state index contributed by atoms with van der Waals surface area (Å²) >= 11 is 0. The average molecular weight is 368 g/mol. The Balaban J connectivity index is 0.00000529. The number of carbonyl (C=O) groups is 1. The average Bonchev–Trinajstić information content (AvgIpc) is 2.50. The fraction of sp³-hybridized carbons (Fsp3) is 0.562. The largest absolute Gasteiger partial charge is 0.416 e. The molecule has 0 heterocycles. The molecule has 3 N–H and O–H groups in total. The van der Waals surface area contributed by atoms with Crippen LogP contribution in [0.1, 0.15) is 37.9 Å². The van der Waals surface area contributed by atoms with E-state index < -0.39 is 17.8 Å². The van der Waals surface area contributed by atoms with Crippen LogP contribution in [0.2, 0.25) is 0 Å². The van der Waals surface area contributed by atoms with Gasteiger partial charge in [-0.2, -0.15) is 13.2 Å². The van der Waals surface area contributed by atoms with Gasteiger partial charge in [0.05, 0.1) is 17.6 Å².